The lowest BCUT2D eigenvalue weighted by atomic mass is 10.0. The van der Waals surface area contributed by atoms with Crippen molar-refractivity contribution in [2.24, 2.45) is 5.73 Å². The molecule has 1 heterocycles. The van der Waals surface area contributed by atoms with Crippen molar-refractivity contribution >= 4 is 11.7 Å². The summed E-state index contributed by atoms with van der Waals surface area (Å²) in [5.74, 6) is 1.51. The van der Waals surface area contributed by atoms with E-state index < -0.39 is 0 Å². The first-order chi connectivity index (χ1) is 9.63. The molecule has 110 valence electrons. The van der Waals surface area contributed by atoms with Crippen molar-refractivity contribution in [3.8, 4) is 11.5 Å². The molecule has 0 bridgehead atoms. The molecule has 6 heteroatoms. The summed E-state index contributed by atoms with van der Waals surface area (Å²) < 4.78 is 10.5. The minimum atomic E-state index is -0.342. The number of benzene rings is 1. The first-order valence-corrected chi connectivity index (χ1v) is 6.67. The van der Waals surface area contributed by atoms with Crippen LogP contribution in [0.4, 0.5) is 10.5 Å². The Kier molecular flexibility index (Phi) is 4.55. The number of hydrogen-bond donors (Lipinski definition) is 2. The van der Waals surface area contributed by atoms with Crippen LogP contribution in [0, 0.1) is 0 Å². The molecule has 20 heavy (non-hydrogen) atoms. The number of amides is 2. The van der Waals surface area contributed by atoms with Crippen LogP contribution in [0.3, 0.4) is 0 Å². The molecule has 0 atom stereocenters. The van der Waals surface area contributed by atoms with E-state index in [2.05, 4.69) is 5.32 Å². The van der Waals surface area contributed by atoms with Gasteiger partial charge in [0.1, 0.15) is 11.5 Å². The number of primary amides is 1. The largest absolute Gasteiger partial charge is 0.497 e. The minimum Gasteiger partial charge on any atom is -0.497 e. The van der Waals surface area contributed by atoms with Gasteiger partial charge in [0.25, 0.3) is 0 Å². The lowest BCUT2D eigenvalue weighted by Crippen LogP contribution is -2.44. The van der Waals surface area contributed by atoms with Gasteiger partial charge >= 0.3 is 6.03 Å². The summed E-state index contributed by atoms with van der Waals surface area (Å²) in [6.45, 7) is 1.37. The van der Waals surface area contributed by atoms with Crippen LogP contribution in [-0.2, 0) is 0 Å². The molecule has 0 unspecified atom stereocenters. The number of nitrogens with two attached hydrogens (primary N) is 1. The zero-order valence-electron chi connectivity index (χ0n) is 11.9. The smallest absolute Gasteiger partial charge is 0.314 e. The highest BCUT2D eigenvalue weighted by Gasteiger charge is 2.21. The van der Waals surface area contributed by atoms with Crippen LogP contribution >= 0.6 is 0 Å². The van der Waals surface area contributed by atoms with Crippen LogP contribution in [-0.4, -0.2) is 44.3 Å². The van der Waals surface area contributed by atoms with E-state index in [1.54, 1.807) is 19.1 Å². The minimum absolute atomic E-state index is 0.313. The van der Waals surface area contributed by atoms with Crippen molar-refractivity contribution < 1.29 is 14.3 Å². The topological polar surface area (TPSA) is 76.8 Å². The van der Waals surface area contributed by atoms with Crippen molar-refractivity contribution in [3.05, 3.63) is 18.2 Å². The van der Waals surface area contributed by atoms with Crippen molar-refractivity contribution in [1.82, 2.24) is 4.90 Å². The molecule has 6 nitrogen and oxygen atoms in total. The summed E-state index contributed by atoms with van der Waals surface area (Å²) >= 11 is 0. The number of likely N-dealkylation sites (tertiary alicyclic amines) is 1. The Morgan fingerprint density at radius 3 is 2.55 bits per heavy atom. The van der Waals surface area contributed by atoms with E-state index >= 15 is 0 Å². The molecule has 0 aromatic heterocycles. The summed E-state index contributed by atoms with van der Waals surface area (Å²) in [4.78, 5) is 12.8. The van der Waals surface area contributed by atoms with Gasteiger partial charge in [-0.2, -0.15) is 0 Å². The van der Waals surface area contributed by atoms with E-state index in [4.69, 9.17) is 15.2 Å². The number of nitrogens with zero attached hydrogens (tertiary/aromatic N) is 1. The molecule has 1 aromatic rings. The van der Waals surface area contributed by atoms with Crippen LogP contribution in [0.15, 0.2) is 18.2 Å². The normalized spacial score (nSPS) is 15.8. The molecule has 1 fully saturated rings. The number of urea groups is 1. The van der Waals surface area contributed by atoms with Crippen molar-refractivity contribution in [1.29, 1.82) is 0 Å². The number of carbonyl (C=O) groups excluding carboxylic acids is 1. The molecule has 0 spiro atoms. The molecule has 2 rings (SSSR count). The molecule has 3 N–H and O–H groups in total. The number of carbonyl (C=O) groups is 1. The summed E-state index contributed by atoms with van der Waals surface area (Å²) in [7, 11) is 3.26. The highest BCUT2D eigenvalue weighted by atomic mass is 16.5. The van der Waals surface area contributed by atoms with Crippen LogP contribution in [0.5, 0.6) is 11.5 Å². The van der Waals surface area contributed by atoms with Gasteiger partial charge in [-0.3, -0.25) is 0 Å². The van der Waals surface area contributed by atoms with Crippen molar-refractivity contribution in [2.45, 2.75) is 18.9 Å². The monoisotopic (exact) mass is 279 g/mol. The number of ether oxygens (including phenoxy) is 2. The van der Waals surface area contributed by atoms with Crippen LogP contribution in [0.2, 0.25) is 0 Å². The SMILES string of the molecule is COc1ccc(NC2CCN(C(N)=O)CC2)c(OC)c1. The average molecular weight is 279 g/mol. The molecule has 1 aliphatic heterocycles. The molecule has 1 saturated heterocycles. The maximum Gasteiger partial charge on any atom is 0.314 e. The zero-order valence-corrected chi connectivity index (χ0v) is 11.9. The number of anilines is 1. The Balaban J connectivity index is 1.99. The maximum absolute atomic E-state index is 11.1. The molecular weight excluding hydrogens is 258 g/mol. The Morgan fingerprint density at radius 1 is 1.30 bits per heavy atom. The summed E-state index contributed by atoms with van der Waals surface area (Å²) in [6.07, 6.45) is 1.75. The van der Waals surface area contributed by atoms with Gasteiger partial charge in [0.05, 0.1) is 19.9 Å². The second-order valence-electron chi connectivity index (χ2n) is 4.81. The van der Waals surface area contributed by atoms with Gasteiger partial charge in [0, 0.05) is 25.2 Å². The maximum atomic E-state index is 11.1. The van der Waals surface area contributed by atoms with Gasteiger partial charge in [0.15, 0.2) is 0 Å². The van der Waals surface area contributed by atoms with E-state index in [9.17, 15) is 4.79 Å². The van der Waals surface area contributed by atoms with Gasteiger partial charge in [-0.1, -0.05) is 0 Å². The first-order valence-electron chi connectivity index (χ1n) is 6.67. The molecule has 1 aliphatic rings. The van der Waals surface area contributed by atoms with E-state index in [1.807, 2.05) is 18.2 Å². The molecule has 0 aliphatic carbocycles. The Hall–Kier alpha value is -2.11. The van der Waals surface area contributed by atoms with Crippen LogP contribution < -0.4 is 20.5 Å². The average Bonchev–Trinajstić information content (AvgIpc) is 2.48. The Bertz CT molecular complexity index is 471. The third-order valence-corrected chi connectivity index (χ3v) is 3.57. The third-order valence-electron chi connectivity index (χ3n) is 3.57. The molecular formula is C14H21N3O3. The second kappa shape index (κ2) is 6.36. The van der Waals surface area contributed by atoms with E-state index in [0.717, 1.165) is 30.0 Å². The zero-order chi connectivity index (χ0) is 14.5. The van der Waals surface area contributed by atoms with Gasteiger partial charge in [-0.05, 0) is 25.0 Å². The lowest BCUT2D eigenvalue weighted by Gasteiger charge is -2.32. The fraction of sp³-hybridized carbons (Fsp3) is 0.500. The number of methoxy groups -OCH3 is 2. The highest BCUT2D eigenvalue weighted by molar-refractivity contribution is 5.72. The second-order valence-corrected chi connectivity index (χ2v) is 4.81. The van der Waals surface area contributed by atoms with Crippen molar-refractivity contribution in [3.63, 3.8) is 0 Å². The Labute approximate surface area is 118 Å². The van der Waals surface area contributed by atoms with Gasteiger partial charge in [-0.25, -0.2) is 4.79 Å². The number of nitrogens with one attached hydrogen (secondary N) is 1. The fourth-order valence-corrected chi connectivity index (χ4v) is 2.38. The molecule has 0 radical (unpaired) electrons. The number of piperidine rings is 1. The summed E-state index contributed by atoms with van der Waals surface area (Å²) in [6, 6.07) is 5.65. The summed E-state index contributed by atoms with van der Waals surface area (Å²) in [5, 5.41) is 3.45. The van der Waals surface area contributed by atoms with E-state index in [1.165, 1.54) is 0 Å². The van der Waals surface area contributed by atoms with E-state index in [-0.39, 0.29) is 6.03 Å². The van der Waals surface area contributed by atoms with Gasteiger partial charge in [-0.15, -0.1) is 0 Å². The fourth-order valence-electron chi connectivity index (χ4n) is 2.38. The highest BCUT2D eigenvalue weighted by Crippen LogP contribution is 2.30. The Morgan fingerprint density at radius 2 is 2.00 bits per heavy atom. The van der Waals surface area contributed by atoms with Gasteiger partial charge in [0.2, 0.25) is 0 Å². The third kappa shape index (κ3) is 3.26. The lowest BCUT2D eigenvalue weighted by molar-refractivity contribution is 0.193. The quantitative estimate of drug-likeness (QED) is 0.878. The number of rotatable bonds is 4. The first kappa shape index (κ1) is 14.3. The molecule has 0 saturated carbocycles. The predicted octanol–water partition coefficient (Wildman–Crippen LogP) is 1.66. The predicted molar refractivity (Wildman–Crippen MR) is 77.3 cm³/mol. The molecule has 2 amide bonds. The van der Waals surface area contributed by atoms with E-state index in [0.29, 0.717) is 19.1 Å². The summed E-state index contributed by atoms with van der Waals surface area (Å²) in [5.41, 5.74) is 6.21. The standard InChI is InChI=1S/C14H21N3O3/c1-19-11-3-4-12(13(9-11)20-2)16-10-5-7-17(8-6-10)14(15)18/h3-4,9-10,16H,5-8H2,1-2H3,(H2,15,18). The van der Waals surface area contributed by atoms with Crippen LogP contribution in [0.25, 0.3) is 0 Å². The molecule has 1 aromatic carbocycles. The van der Waals surface area contributed by atoms with Gasteiger partial charge < -0.3 is 25.4 Å². The van der Waals surface area contributed by atoms with Crippen molar-refractivity contribution in [2.75, 3.05) is 32.6 Å². The van der Waals surface area contributed by atoms with Crippen LogP contribution in [0.1, 0.15) is 12.8 Å². The number of hydrogen-bond acceptors (Lipinski definition) is 4.